The first-order valence-electron chi connectivity index (χ1n) is 5.81. The summed E-state index contributed by atoms with van der Waals surface area (Å²) in [5.74, 6) is 1.06. The Balaban J connectivity index is 1.83. The fraction of sp³-hybridized carbons (Fsp3) is 0.636. The van der Waals surface area contributed by atoms with Crippen LogP contribution in [0.2, 0.25) is 0 Å². The first kappa shape index (κ1) is 11.9. The topological polar surface area (TPSA) is 73.5 Å². The van der Waals surface area contributed by atoms with Crippen molar-refractivity contribution in [1.29, 1.82) is 0 Å². The predicted molar refractivity (Wildman–Crippen MR) is 64.2 cm³/mol. The monoisotopic (exact) mass is 238 g/mol. The molecule has 6 heteroatoms. The summed E-state index contributed by atoms with van der Waals surface area (Å²) in [6, 6.07) is 1.64. The second-order valence-electron chi connectivity index (χ2n) is 4.00. The minimum atomic E-state index is 0.167. The Kier molecular flexibility index (Phi) is 3.98. The van der Waals surface area contributed by atoms with E-state index in [0.717, 1.165) is 6.54 Å². The van der Waals surface area contributed by atoms with E-state index < -0.39 is 0 Å². The average Bonchev–Trinajstić information content (AvgIpc) is 2.81. The molecule has 1 aromatic rings. The summed E-state index contributed by atoms with van der Waals surface area (Å²) in [5.41, 5.74) is 5.54. The van der Waals surface area contributed by atoms with Crippen LogP contribution in [0.15, 0.2) is 6.07 Å². The summed E-state index contributed by atoms with van der Waals surface area (Å²) in [6.07, 6.45) is 2.57. The molecule has 0 spiro atoms. The third-order valence-electron chi connectivity index (χ3n) is 2.76. The molecule has 94 valence electrons. The minimum absolute atomic E-state index is 0.167. The van der Waals surface area contributed by atoms with Gasteiger partial charge in [-0.25, -0.2) is 0 Å². The zero-order valence-electron chi connectivity index (χ0n) is 10.1. The van der Waals surface area contributed by atoms with Crippen molar-refractivity contribution in [3.05, 3.63) is 6.07 Å². The predicted octanol–water partition coefficient (Wildman–Crippen LogP) is 0.542. The lowest BCUT2D eigenvalue weighted by molar-refractivity contribution is 0.231. The molecule has 1 fully saturated rings. The van der Waals surface area contributed by atoms with Gasteiger partial charge >= 0.3 is 0 Å². The zero-order chi connectivity index (χ0) is 12.1. The van der Waals surface area contributed by atoms with Gasteiger partial charge in [0.1, 0.15) is 6.61 Å². The number of nitrogen functional groups attached to an aromatic ring is 1. The van der Waals surface area contributed by atoms with E-state index in [1.807, 2.05) is 0 Å². The molecule has 6 nitrogen and oxygen atoms in total. The highest BCUT2D eigenvalue weighted by molar-refractivity contribution is 5.29. The second-order valence-corrected chi connectivity index (χ2v) is 4.00. The molecule has 0 saturated carbocycles. The SMILES string of the molecule is COc1cc(OCCN2CCCC2)nc(N)n1. The Labute approximate surface area is 101 Å². The van der Waals surface area contributed by atoms with E-state index in [1.165, 1.54) is 33.0 Å². The van der Waals surface area contributed by atoms with Crippen LogP contribution in [-0.4, -0.2) is 48.2 Å². The third kappa shape index (κ3) is 3.45. The van der Waals surface area contributed by atoms with Crippen LogP contribution in [0.5, 0.6) is 11.8 Å². The van der Waals surface area contributed by atoms with E-state index in [-0.39, 0.29) is 5.95 Å². The molecule has 0 aromatic carbocycles. The molecule has 1 aliphatic heterocycles. The highest BCUT2D eigenvalue weighted by Gasteiger charge is 2.11. The molecule has 1 aromatic heterocycles. The number of nitrogens with zero attached hydrogens (tertiary/aromatic N) is 3. The maximum Gasteiger partial charge on any atom is 0.226 e. The van der Waals surface area contributed by atoms with Gasteiger partial charge < -0.3 is 15.2 Å². The van der Waals surface area contributed by atoms with Gasteiger partial charge in [-0.05, 0) is 25.9 Å². The van der Waals surface area contributed by atoms with E-state index in [9.17, 15) is 0 Å². The molecule has 2 heterocycles. The van der Waals surface area contributed by atoms with Crippen molar-refractivity contribution in [3.63, 3.8) is 0 Å². The molecule has 0 amide bonds. The van der Waals surface area contributed by atoms with Crippen LogP contribution in [0.25, 0.3) is 0 Å². The van der Waals surface area contributed by atoms with Crippen LogP contribution in [0, 0.1) is 0 Å². The summed E-state index contributed by atoms with van der Waals surface area (Å²) in [4.78, 5) is 10.3. The Bertz CT molecular complexity index is 366. The maximum atomic E-state index is 5.54. The van der Waals surface area contributed by atoms with Crippen LogP contribution >= 0.6 is 0 Å². The Morgan fingerprint density at radius 3 is 2.71 bits per heavy atom. The molecule has 1 saturated heterocycles. The van der Waals surface area contributed by atoms with Crippen molar-refractivity contribution < 1.29 is 9.47 Å². The summed E-state index contributed by atoms with van der Waals surface area (Å²) >= 11 is 0. The summed E-state index contributed by atoms with van der Waals surface area (Å²) < 4.78 is 10.5. The van der Waals surface area contributed by atoms with Crippen molar-refractivity contribution in [2.45, 2.75) is 12.8 Å². The van der Waals surface area contributed by atoms with Gasteiger partial charge in [-0.2, -0.15) is 9.97 Å². The highest BCUT2D eigenvalue weighted by atomic mass is 16.5. The van der Waals surface area contributed by atoms with Crippen molar-refractivity contribution in [1.82, 2.24) is 14.9 Å². The van der Waals surface area contributed by atoms with Crippen LogP contribution in [0.4, 0.5) is 5.95 Å². The van der Waals surface area contributed by atoms with Crippen LogP contribution in [-0.2, 0) is 0 Å². The number of likely N-dealkylation sites (tertiary alicyclic amines) is 1. The van der Waals surface area contributed by atoms with Crippen LogP contribution in [0.3, 0.4) is 0 Å². The summed E-state index contributed by atoms with van der Waals surface area (Å²) in [5, 5.41) is 0. The van der Waals surface area contributed by atoms with Gasteiger partial charge in [0.25, 0.3) is 0 Å². The zero-order valence-corrected chi connectivity index (χ0v) is 10.1. The molecule has 0 atom stereocenters. The number of nitrogens with two attached hydrogens (primary N) is 1. The Morgan fingerprint density at radius 2 is 2.00 bits per heavy atom. The number of ether oxygens (including phenoxy) is 2. The number of hydrogen-bond acceptors (Lipinski definition) is 6. The molecule has 0 unspecified atom stereocenters. The van der Waals surface area contributed by atoms with Gasteiger partial charge in [0.05, 0.1) is 13.2 Å². The molecule has 0 aliphatic carbocycles. The van der Waals surface area contributed by atoms with Gasteiger partial charge in [0.2, 0.25) is 17.7 Å². The molecule has 1 aliphatic rings. The number of rotatable bonds is 5. The normalized spacial score (nSPS) is 16.1. The van der Waals surface area contributed by atoms with E-state index in [2.05, 4.69) is 14.9 Å². The lowest BCUT2D eigenvalue weighted by Gasteiger charge is -2.14. The number of aromatic nitrogens is 2. The fourth-order valence-electron chi connectivity index (χ4n) is 1.89. The molecule has 2 N–H and O–H groups in total. The van der Waals surface area contributed by atoms with E-state index in [1.54, 1.807) is 6.07 Å². The van der Waals surface area contributed by atoms with Crippen LogP contribution < -0.4 is 15.2 Å². The lowest BCUT2D eigenvalue weighted by atomic mass is 10.4. The summed E-state index contributed by atoms with van der Waals surface area (Å²) in [6.45, 7) is 3.86. The first-order chi connectivity index (χ1) is 8.28. The Morgan fingerprint density at radius 1 is 1.29 bits per heavy atom. The van der Waals surface area contributed by atoms with Gasteiger partial charge in [-0.15, -0.1) is 0 Å². The van der Waals surface area contributed by atoms with Crippen molar-refractivity contribution in [3.8, 4) is 11.8 Å². The van der Waals surface area contributed by atoms with Crippen molar-refractivity contribution >= 4 is 5.95 Å². The maximum absolute atomic E-state index is 5.54. The molecule has 0 radical (unpaired) electrons. The smallest absolute Gasteiger partial charge is 0.226 e. The van der Waals surface area contributed by atoms with Gasteiger partial charge in [0, 0.05) is 6.54 Å². The standard InChI is InChI=1S/C11H18N4O2/c1-16-9-8-10(14-11(12)13-9)17-7-6-15-4-2-3-5-15/h8H,2-7H2,1H3,(H2,12,13,14). The van der Waals surface area contributed by atoms with Crippen molar-refractivity contribution in [2.24, 2.45) is 0 Å². The van der Waals surface area contributed by atoms with E-state index in [0.29, 0.717) is 18.4 Å². The van der Waals surface area contributed by atoms with Crippen LogP contribution in [0.1, 0.15) is 12.8 Å². The molecular weight excluding hydrogens is 220 g/mol. The fourth-order valence-corrected chi connectivity index (χ4v) is 1.89. The largest absolute Gasteiger partial charge is 0.481 e. The first-order valence-corrected chi connectivity index (χ1v) is 5.81. The average molecular weight is 238 g/mol. The number of hydrogen-bond donors (Lipinski definition) is 1. The Hall–Kier alpha value is -1.56. The van der Waals surface area contributed by atoms with Gasteiger partial charge in [0.15, 0.2) is 0 Å². The molecule has 0 bridgehead atoms. The van der Waals surface area contributed by atoms with Crippen molar-refractivity contribution in [2.75, 3.05) is 39.1 Å². The molecule has 2 rings (SSSR count). The minimum Gasteiger partial charge on any atom is -0.481 e. The number of anilines is 1. The highest BCUT2D eigenvalue weighted by Crippen LogP contribution is 2.16. The summed E-state index contributed by atoms with van der Waals surface area (Å²) in [7, 11) is 1.54. The third-order valence-corrected chi connectivity index (χ3v) is 2.76. The quantitative estimate of drug-likeness (QED) is 0.807. The lowest BCUT2D eigenvalue weighted by Crippen LogP contribution is -2.25. The van der Waals surface area contributed by atoms with E-state index >= 15 is 0 Å². The van der Waals surface area contributed by atoms with Gasteiger partial charge in [-0.3, -0.25) is 4.90 Å². The van der Waals surface area contributed by atoms with Gasteiger partial charge in [-0.1, -0.05) is 0 Å². The second kappa shape index (κ2) is 5.67. The molecule has 17 heavy (non-hydrogen) atoms. The van der Waals surface area contributed by atoms with E-state index in [4.69, 9.17) is 15.2 Å². The molecular formula is C11H18N4O2. The number of methoxy groups -OCH3 is 1.